The van der Waals surface area contributed by atoms with Gasteiger partial charge in [-0.1, -0.05) is 85.1 Å². The summed E-state index contributed by atoms with van der Waals surface area (Å²) < 4.78 is 30.1. The molecule has 2 fully saturated rings. The molecule has 3 N–H and O–H groups in total. The van der Waals surface area contributed by atoms with E-state index in [9.17, 15) is 19.2 Å². The molecule has 3 aromatic carbocycles. The van der Waals surface area contributed by atoms with Crippen LogP contribution < -0.4 is 16.0 Å². The second-order valence-electron chi connectivity index (χ2n) is 13.2. The summed E-state index contributed by atoms with van der Waals surface area (Å²) >= 11 is 6.29. The lowest BCUT2D eigenvalue weighted by molar-refractivity contribution is -0.148. The molecule has 1 heterocycles. The third-order valence-electron chi connectivity index (χ3n) is 9.57. The van der Waals surface area contributed by atoms with Gasteiger partial charge in [-0.15, -0.1) is 0 Å². The van der Waals surface area contributed by atoms with Crippen LogP contribution in [-0.4, -0.2) is 54.2 Å². The number of carbonyl (C=O) groups is 4. The Morgan fingerprint density at radius 1 is 0.837 bits per heavy atom. The molecule has 1 saturated carbocycles. The van der Waals surface area contributed by atoms with Gasteiger partial charge in [-0.3, -0.25) is 19.2 Å². The Morgan fingerprint density at radius 3 is 2.16 bits per heavy atom. The van der Waals surface area contributed by atoms with Crippen molar-refractivity contribution in [1.82, 2.24) is 15.5 Å². The number of likely N-dealkylation sites (tertiary alicyclic amines) is 1. The second-order valence-corrected chi connectivity index (χ2v) is 13.6. The average Bonchev–Trinajstić information content (AvgIpc) is 3.80. The zero-order valence-corrected chi connectivity index (χ0v) is 28.2. The lowest BCUT2D eigenvalue weighted by Crippen LogP contribution is -2.50. The summed E-state index contributed by atoms with van der Waals surface area (Å²) in [5, 5.41) is 8.30. The third kappa shape index (κ3) is 9.65. The number of alkyl halides is 2. The first-order valence-electron chi connectivity index (χ1n) is 17.0. The molecule has 1 aliphatic carbocycles. The maximum atomic E-state index is 15.0. The van der Waals surface area contributed by atoms with Crippen LogP contribution in [0.4, 0.5) is 14.5 Å². The molecule has 1 aliphatic heterocycles. The Labute approximate surface area is 291 Å². The number of anilines is 1. The van der Waals surface area contributed by atoms with E-state index in [0.29, 0.717) is 42.1 Å². The van der Waals surface area contributed by atoms with Gasteiger partial charge < -0.3 is 20.9 Å². The van der Waals surface area contributed by atoms with Crippen LogP contribution in [0.3, 0.4) is 0 Å². The molecule has 4 amide bonds. The van der Waals surface area contributed by atoms with Crippen molar-refractivity contribution in [3.05, 3.63) is 101 Å². The molecule has 0 aromatic heterocycles. The first-order chi connectivity index (χ1) is 23.5. The summed E-state index contributed by atoms with van der Waals surface area (Å²) in [7, 11) is 0. The Morgan fingerprint density at radius 2 is 1.49 bits per heavy atom. The third-order valence-corrected chi connectivity index (χ3v) is 9.94. The molecule has 3 aromatic rings. The topological polar surface area (TPSA) is 108 Å². The molecule has 260 valence electrons. The quantitative estimate of drug-likeness (QED) is 0.181. The van der Waals surface area contributed by atoms with E-state index in [0.717, 1.165) is 69.3 Å². The maximum absolute atomic E-state index is 15.0. The number of nitrogens with one attached hydrogen (secondary N) is 3. The number of carbonyl (C=O) groups excluding carboxylic acids is 4. The molecule has 2 aliphatic rings. The van der Waals surface area contributed by atoms with Crippen molar-refractivity contribution < 1.29 is 28.0 Å². The van der Waals surface area contributed by atoms with Crippen molar-refractivity contribution in [3.63, 3.8) is 0 Å². The summed E-state index contributed by atoms with van der Waals surface area (Å²) in [6.45, 7) is 2.05. The van der Waals surface area contributed by atoms with E-state index >= 15 is 8.78 Å². The van der Waals surface area contributed by atoms with Crippen LogP contribution in [-0.2, 0) is 37.9 Å². The molecule has 0 spiro atoms. The number of rotatable bonds is 14. The van der Waals surface area contributed by atoms with Crippen LogP contribution in [0.2, 0.25) is 5.02 Å². The zero-order valence-electron chi connectivity index (χ0n) is 27.5. The first kappa shape index (κ1) is 36.0. The molecule has 0 unspecified atom stereocenters. The summed E-state index contributed by atoms with van der Waals surface area (Å²) in [4.78, 5) is 53.9. The normalized spacial score (nSPS) is 16.2. The summed E-state index contributed by atoms with van der Waals surface area (Å²) in [5.41, 5.74) is 1.10. The van der Waals surface area contributed by atoms with Gasteiger partial charge in [-0.2, -0.15) is 8.78 Å². The molecule has 5 rings (SSSR count). The summed E-state index contributed by atoms with van der Waals surface area (Å²) in [6, 6.07) is 19.0. The second kappa shape index (κ2) is 16.4. The standard InChI is InChI=1S/C38H43ClF2N4O4/c39-31-13-5-4-10-28(31)24-32(44-36(49)38(40,41)29-11-2-1-3-12-29)35(48)43-30-16-14-27(15-17-30)18-21-42-33(46)25-37(19-6-7-20-37)26-34(47)45-22-8-9-23-45/h1-5,10-17,32H,6-9,18-26H2,(H,42,46)(H,43,48)(H,44,49)/t32-/m0/s1. The van der Waals surface area contributed by atoms with E-state index in [2.05, 4.69) is 16.0 Å². The van der Waals surface area contributed by atoms with Crippen molar-refractivity contribution in [2.75, 3.05) is 25.0 Å². The molecular weight excluding hydrogens is 650 g/mol. The van der Waals surface area contributed by atoms with Crippen LogP contribution in [0, 0.1) is 5.41 Å². The zero-order chi connectivity index (χ0) is 34.9. The van der Waals surface area contributed by atoms with Gasteiger partial charge in [0.25, 0.3) is 5.91 Å². The molecule has 0 bridgehead atoms. The van der Waals surface area contributed by atoms with Gasteiger partial charge in [0.2, 0.25) is 17.7 Å². The van der Waals surface area contributed by atoms with Gasteiger partial charge in [0, 0.05) is 55.2 Å². The highest BCUT2D eigenvalue weighted by molar-refractivity contribution is 6.31. The number of amides is 4. The SMILES string of the molecule is O=C(CC1(CC(=O)N2CCCC2)CCCC1)NCCc1ccc(NC(=O)[C@H](Cc2ccccc2Cl)NC(=O)C(F)(F)c2ccccc2)cc1. The number of hydrogen-bond donors (Lipinski definition) is 3. The Kier molecular flexibility index (Phi) is 12.0. The minimum Gasteiger partial charge on any atom is -0.356 e. The van der Waals surface area contributed by atoms with E-state index in [1.807, 2.05) is 4.90 Å². The predicted octanol–water partition coefficient (Wildman–Crippen LogP) is 6.42. The largest absolute Gasteiger partial charge is 0.356 e. The van der Waals surface area contributed by atoms with Crippen LogP contribution in [0.1, 0.15) is 68.1 Å². The van der Waals surface area contributed by atoms with Crippen molar-refractivity contribution in [2.45, 2.75) is 76.2 Å². The number of halogens is 3. The Balaban J connectivity index is 1.15. The molecule has 1 saturated heterocycles. The maximum Gasteiger partial charge on any atom is 0.349 e. The molecule has 49 heavy (non-hydrogen) atoms. The molecule has 1 atom stereocenters. The summed E-state index contributed by atoms with van der Waals surface area (Å²) in [6.07, 6.45) is 7.20. The number of benzene rings is 3. The first-order valence-corrected chi connectivity index (χ1v) is 17.3. The van der Waals surface area contributed by atoms with Crippen molar-refractivity contribution in [2.24, 2.45) is 5.41 Å². The lowest BCUT2D eigenvalue weighted by Gasteiger charge is -2.30. The van der Waals surface area contributed by atoms with E-state index in [4.69, 9.17) is 11.6 Å². The van der Waals surface area contributed by atoms with Gasteiger partial charge in [0.15, 0.2) is 0 Å². The fourth-order valence-electron chi connectivity index (χ4n) is 6.79. The van der Waals surface area contributed by atoms with Gasteiger partial charge in [-0.05, 0) is 66.8 Å². The van der Waals surface area contributed by atoms with E-state index in [1.165, 1.54) is 12.1 Å². The fraction of sp³-hybridized carbons (Fsp3) is 0.421. The Hall–Kier alpha value is -4.31. The van der Waals surface area contributed by atoms with Gasteiger partial charge in [0.05, 0.1) is 0 Å². The number of nitrogens with zero attached hydrogens (tertiary/aromatic N) is 1. The van der Waals surface area contributed by atoms with Gasteiger partial charge >= 0.3 is 5.92 Å². The molecule has 0 radical (unpaired) electrons. The molecular formula is C38H43ClF2N4O4. The molecule has 11 heteroatoms. The highest BCUT2D eigenvalue weighted by atomic mass is 35.5. The monoisotopic (exact) mass is 692 g/mol. The number of hydrogen-bond acceptors (Lipinski definition) is 4. The highest BCUT2D eigenvalue weighted by Crippen LogP contribution is 2.44. The van der Waals surface area contributed by atoms with Crippen molar-refractivity contribution >= 4 is 40.9 Å². The fourth-order valence-corrected chi connectivity index (χ4v) is 7.01. The van der Waals surface area contributed by atoms with E-state index in [-0.39, 0.29) is 23.7 Å². The minimum atomic E-state index is -3.86. The van der Waals surface area contributed by atoms with Gasteiger partial charge in [-0.25, -0.2) is 0 Å². The van der Waals surface area contributed by atoms with E-state index < -0.39 is 29.3 Å². The van der Waals surface area contributed by atoms with Crippen molar-refractivity contribution in [3.8, 4) is 0 Å². The smallest absolute Gasteiger partial charge is 0.349 e. The van der Waals surface area contributed by atoms with Crippen molar-refractivity contribution in [1.29, 1.82) is 0 Å². The molecule has 8 nitrogen and oxygen atoms in total. The lowest BCUT2D eigenvalue weighted by atomic mass is 9.78. The highest BCUT2D eigenvalue weighted by Gasteiger charge is 2.43. The predicted molar refractivity (Wildman–Crippen MR) is 185 cm³/mol. The van der Waals surface area contributed by atoms with Crippen LogP contribution >= 0.6 is 11.6 Å². The Bertz CT molecular complexity index is 1610. The van der Waals surface area contributed by atoms with Crippen LogP contribution in [0.25, 0.3) is 0 Å². The minimum absolute atomic E-state index is 0.0514. The van der Waals surface area contributed by atoms with Crippen LogP contribution in [0.15, 0.2) is 78.9 Å². The summed E-state index contributed by atoms with van der Waals surface area (Å²) in [5.74, 6) is -6.02. The van der Waals surface area contributed by atoms with Crippen LogP contribution in [0.5, 0.6) is 0 Å². The van der Waals surface area contributed by atoms with Gasteiger partial charge in [0.1, 0.15) is 6.04 Å². The average molecular weight is 693 g/mol. The van der Waals surface area contributed by atoms with E-state index in [1.54, 1.807) is 54.6 Å².